The maximum atomic E-state index is 12.3. The van der Waals surface area contributed by atoms with Crippen molar-refractivity contribution in [2.24, 2.45) is 0 Å². The van der Waals surface area contributed by atoms with Gasteiger partial charge in [-0.25, -0.2) is 4.98 Å². The van der Waals surface area contributed by atoms with Crippen molar-refractivity contribution < 1.29 is 13.6 Å². The molecule has 5 nitrogen and oxygen atoms in total. The zero-order valence-corrected chi connectivity index (χ0v) is 16.8. The van der Waals surface area contributed by atoms with Gasteiger partial charge in [0.25, 0.3) is 5.91 Å². The van der Waals surface area contributed by atoms with E-state index in [0.29, 0.717) is 32.4 Å². The highest BCUT2D eigenvalue weighted by molar-refractivity contribution is 9.10. The molecule has 0 bridgehead atoms. The van der Waals surface area contributed by atoms with Gasteiger partial charge in [0.2, 0.25) is 5.89 Å². The molecule has 4 aromatic rings. The molecule has 136 valence electrons. The summed E-state index contributed by atoms with van der Waals surface area (Å²) < 4.78 is 11.6. The van der Waals surface area contributed by atoms with Gasteiger partial charge in [-0.3, -0.25) is 4.79 Å². The Labute approximate surface area is 168 Å². The van der Waals surface area contributed by atoms with E-state index >= 15 is 0 Å². The predicted molar refractivity (Wildman–Crippen MR) is 108 cm³/mol. The number of carbonyl (C=O) groups is 1. The van der Waals surface area contributed by atoms with Gasteiger partial charge in [0.1, 0.15) is 5.52 Å². The zero-order chi connectivity index (χ0) is 19.1. The van der Waals surface area contributed by atoms with E-state index in [4.69, 9.17) is 20.4 Å². The number of hydrogen-bond acceptors (Lipinski definition) is 4. The maximum Gasteiger partial charge on any atom is 0.291 e. The van der Waals surface area contributed by atoms with Crippen LogP contribution < -0.4 is 5.32 Å². The summed E-state index contributed by atoms with van der Waals surface area (Å²) in [5, 5.41) is 3.15. The van der Waals surface area contributed by atoms with E-state index in [1.807, 2.05) is 26.0 Å². The third-order valence-electron chi connectivity index (χ3n) is 4.26. The van der Waals surface area contributed by atoms with Crippen LogP contribution in [0.3, 0.4) is 0 Å². The maximum absolute atomic E-state index is 12.3. The van der Waals surface area contributed by atoms with Gasteiger partial charge in [-0.15, -0.1) is 0 Å². The Bertz CT molecular complexity index is 1140. The fraction of sp³-hybridized carbons (Fsp3) is 0.100. The zero-order valence-electron chi connectivity index (χ0n) is 14.5. The number of halogens is 2. The third-order valence-corrected chi connectivity index (χ3v) is 5.02. The highest BCUT2D eigenvalue weighted by Crippen LogP contribution is 2.31. The minimum absolute atomic E-state index is 0.177. The van der Waals surface area contributed by atoms with Gasteiger partial charge < -0.3 is 14.2 Å². The van der Waals surface area contributed by atoms with Crippen LogP contribution in [0, 0.1) is 13.8 Å². The highest BCUT2D eigenvalue weighted by atomic mass is 79.9. The molecule has 0 aliphatic rings. The molecule has 2 heterocycles. The Morgan fingerprint density at radius 1 is 1.07 bits per heavy atom. The van der Waals surface area contributed by atoms with Crippen molar-refractivity contribution in [1.29, 1.82) is 0 Å². The van der Waals surface area contributed by atoms with Crippen LogP contribution in [0.5, 0.6) is 0 Å². The molecular formula is C20H14BrClN2O3. The molecule has 0 aliphatic carbocycles. The smallest absolute Gasteiger partial charge is 0.291 e. The summed E-state index contributed by atoms with van der Waals surface area (Å²) in [6.07, 6.45) is 0. The molecule has 0 aliphatic heterocycles. The number of aryl methyl sites for hydroxylation is 2. The Morgan fingerprint density at radius 2 is 1.85 bits per heavy atom. The molecule has 0 spiro atoms. The topological polar surface area (TPSA) is 68.3 Å². The number of nitrogens with one attached hydrogen (secondary N) is 1. The van der Waals surface area contributed by atoms with Crippen LogP contribution >= 0.6 is 27.5 Å². The lowest BCUT2D eigenvalue weighted by molar-refractivity contribution is 0.0995. The monoisotopic (exact) mass is 444 g/mol. The first-order valence-electron chi connectivity index (χ1n) is 8.15. The van der Waals surface area contributed by atoms with Crippen LogP contribution in [-0.4, -0.2) is 10.9 Å². The van der Waals surface area contributed by atoms with Gasteiger partial charge in [-0.1, -0.05) is 11.6 Å². The predicted octanol–water partition coefficient (Wildman–Crippen LogP) is 6.37. The molecule has 4 rings (SSSR count). The normalized spacial score (nSPS) is 11.1. The number of hydrogen-bond donors (Lipinski definition) is 1. The van der Waals surface area contributed by atoms with Crippen LogP contribution in [0.1, 0.15) is 21.7 Å². The third kappa shape index (κ3) is 3.50. The second-order valence-corrected chi connectivity index (χ2v) is 7.36. The standard InChI is InChI=1S/C20H14BrClN2O3/c1-10-7-15-17(8-11(10)2)27-20(24-15)12-3-4-13(22)14(9-12)23-19(25)16-5-6-18(21)26-16/h3-9H,1-2H3,(H,23,25). The molecule has 0 unspecified atom stereocenters. The van der Waals surface area contributed by atoms with Crippen LogP contribution in [0.25, 0.3) is 22.6 Å². The van der Waals surface area contributed by atoms with Gasteiger partial charge in [-0.2, -0.15) is 0 Å². The number of aromatic nitrogens is 1. The van der Waals surface area contributed by atoms with Crippen LogP contribution in [-0.2, 0) is 0 Å². The minimum Gasteiger partial charge on any atom is -0.444 e. The largest absolute Gasteiger partial charge is 0.444 e. The number of benzene rings is 2. The van der Waals surface area contributed by atoms with Crippen molar-refractivity contribution in [3.05, 3.63) is 69.0 Å². The fourth-order valence-electron chi connectivity index (χ4n) is 2.68. The minimum atomic E-state index is -0.399. The van der Waals surface area contributed by atoms with Crippen molar-refractivity contribution in [2.75, 3.05) is 5.32 Å². The first kappa shape index (κ1) is 17.8. The number of carbonyl (C=O) groups excluding carboxylic acids is 1. The van der Waals surface area contributed by atoms with Crippen LogP contribution in [0.2, 0.25) is 5.02 Å². The quantitative estimate of drug-likeness (QED) is 0.398. The summed E-state index contributed by atoms with van der Waals surface area (Å²) in [7, 11) is 0. The average molecular weight is 446 g/mol. The van der Waals surface area contributed by atoms with E-state index in [1.165, 1.54) is 0 Å². The highest BCUT2D eigenvalue weighted by Gasteiger charge is 2.15. The lowest BCUT2D eigenvalue weighted by atomic mass is 10.1. The number of anilines is 1. The summed E-state index contributed by atoms with van der Waals surface area (Å²) >= 11 is 9.41. The molecule has 0 fully saturated rings. The van der Waals surface area contributed by atoms with E-state index in [1.54, 1.807) is 30.3 Å². The summed E-state index contributed by atoms with van der Waals surface area (Å²) in [5.41, 5.74) is 4.95. The van der Waals surface area contributed by atoms with Crippen molar-refractivity contribution in [3.8, 4) is 11.5 Å². The fourth-order valence-corrected chi connectivity index (χ4v) is 3.15. The summed E-state index contributed by atoms with van der Waals surface area (Å²) in [6, 6.07) is 12.4. The Balaban J connectivity index is 1.68. The van der Waals surface area contributed by atoms with E-state index in [2.05, 4.69) is 26.2 Å². The molecule has 0 saturated heterocycles. The van der Waals surface area contributed by atoms with E-state index in [9.17, 15) is 4.79 Å². The van der Waals surface area contributed by atoms with Gasteiger partial charge in [0.05, 0.1) is 10.7 Å². The number of oxazole rings is 1. The van der Waals surface area contributed by atoms with Crippen LogP contribution in [0.4, 0.5) is 5.69 Å². The molecule has 0 radical (unpaired) electrons. The molecule has 1 N–H and O–H groups in total. The average Bonchev–Trinajstić information content (AvgIpc) is 3.23. The van der Waals surface area contributed by atoms with Crippen LogP contribution in [0.15, 0.2) is 56.0 Å². The lowest BCUT2D eigenvalue weighted by Gasteiger charge is -2.07. The lowest BCUT2D eigenvalue weighted by Crippen LogP contribution is -2.11. The van der Waals surface area contributed by atoms with E-state index in [0.717, 1.165) is 16.6 Å². The number of furan rings is 1. The first-order chi connectivity index (χ1) is 12.9. The molecule has 2 aromatic carbocycles. The van der Waals surface area contributed by atoms with Gasteiger partial charge in [-0.05, 0) is 83.4 Å². The Hall–Kier alpha value is -2.57. The van der Waals surface area contributed by atoms with Crippen molar-refractivity contribution >= 4 is 50.2 Å². The molecule has 1 amide bonds. The summed E-state index contributed by atoms with van der Waals surface area (Å²) in [5.74, 6) is 0.239. The molecule has 2 aromatic heterocycles. The Kier molecular flexibility index (Phi) is 4.53. The van der Waals surface area contributed by atoms with Gasteiger partial charge in [0.15, 0.2) is 16.0 Å². The Morgan fingerprint density at radius 3 is 2.59 bits per heavy atom. The van der Waals surface area contributed by atoms with Gasteiger partial charge >= 0.3 is 0 Å². The van der Waals surface area contributed by atoms with Crippen molar-refractivity contribution in [2.45, 2.75) is 13.8 Å². The van der Waals surface area contributed by atoms with E-state index in [-0.39, 0.29) is 5.76 Å². The second kappa shape index (κ2) is 6.87. The first-order valence-corrected chi connectivity index (χ1v) is 9.32. The van der Waals surface area contributed by atoms with Crippen molar-refractivity contribution in [3.63, 3.8) is 0 Å². The number of rotatable bonds is 3. The number of nitrogens with zero attached hydrogens (tertiary/aromatic N) is 1. The van der Waals surface area contributed by atoms with Crippen molar-refractivity contribution in [1.82, 2.24) is 4.98 Å². The summed E-state index contributed by atoms with van der Waals surface area (Å²) in [6.45, 7) is 4.06. The second-order valence-electron chi connectivity index (χ2n) is 6.18. The molecule has 27 heavy (non-hydrogen) atoms. The van der Waals surface area contributed by atoms with E-state index < -0.39 is 5.91 Å². The number of amides is 1. The molecule has 7 heteroatoms. The van der Waals surface area contributed by atoms with Gasteiger partial charge in [0, 0.05) is 5.56 Å². The SMILES string of the molecule is Cc1cc2nc(-c3ccc(Cl)c(NC(=O)c4ccc(Br)o4)c3)oc2cc1C. The summed E-state index contributed by atoms with van der Waals surface area (Å²) in [4.78, 5) is 16.9. The molecular weight excluding hydrogens is 432 g/mol. The molecule has 0 saturated carbocycles. The molecule has 0 atom stereocenters. The number of fused-ring (bicyclic) bond motifs is 1.